The van der Waals surface area contributed by atoms with E-state index in [9.17, 15) is 0 Å². The van der Waals surface area contributed by atoms with Crippen molar-refractivity contribution in [3.63, 3.8) is 0 Å². The van der Waals surface area contributed by atoms with Crippen LogP contribution in [-0.4, -0.2) is 14.5 Å². The Labute approximate surface area is 368 Å². The second-order valence-corrected chi connectivity index (χ2v) is 16.5. The number of rotatable bonds is 4. The quantitative estimate of drug-likeness (QED) is 0.131. The van der Waals surface area contributed by atoms with E-state index in [4.69, 9.17) is 14.4 Å². The monoisotopic (exact) mass is 815 g/mol. The molecule has 0 unspecified atom stereocenters. The molecule has 0 fully saturated rings. The molecule has 0 radical (unpaired) electrons. The fourth-order valence-corrected chi connectivity index (χ4v) is 10.3. The fraction of sp³-hybridized carbons (Fsp3) is 0. The molecule has 4 heteroatoms. The second kappa shape index (κ2) is 14.0. The van der Waals surface area contributed by atoms with Crippen molar-refractivity contribution in [2.75, 3.05) is 0 Å². The highest BCUT2D eigenvalue weighted by molar-refractivity contribution is 6.28. The Morgan fingerprint density at radius 2 is 0.984 bits per heavy atom. The van der Waals surface area contributed by atoms with Crippen LogP contribution < -0.4 is 0 Å². The summed E-state index contributed by atoms with van der Waals surface area (Å²) < 4.78 is 8.86. The Balaban J connectivity index is 0.00000204. The van der Waals surface area contributed by atoms with Gasteiger partial charge in [-0.25, -0.2) is 9.97 Å². The maximum absolute atomic E-state index is 6.62. The zero-order valence-corrected chi connectivity index (χ0v) is 34.7. The van der Waals surface area contributed by atoms with Gasteiger partial charge in [0.1, 0.15) is 11.2 Å². The molecule has 0 aliphatic heterocycles. The van der Waals surface area contributed by atoms with Gasteiger partial charge in [0, 0.05) is 37.9 Å². The van der Waals surface area contributed by atoms with Gasteiger partial charge in [-0.05, 0) is 103 Å². The normalized spacial score (nSPS) is 11.9. The Kier molecular flexibility index (Phi) is 7.87. The van der Waals surface area contributed by atoms with Crippen LogP contribution >= 0.6 is 0 Å². The Morgan fingerprint density at radius 1 is 0.359 bits per heavy atom. The van der Waals surface area contributed by atoms with Gasteiger partial charge in [-0.1, -0.05) is 158 Å². The molecule has 0 spiro atoms. The predicted molar refractivity (Wildman–Crippen MR) is 268 cm³/mol. The first kappa shape index (κ1) is 36.1. The first-order valence-corrected chi connectivity index (χ1v) is 21.6. The van der Waals surface area contributed by atoms with Crippen LogP contribution in [0.3, 0.4) is 0 Å². The molecule has 3 aromatic heterocycles. The molecule has 4 nitrogen and oxygen atoms in total. The van der Waals surface area contributed by atoms with Crippen LogP contribution in [0.25, 0.3) is 138 Å². The Morgan fingerprint density at radius 3 is 1.83 bits per heavy atom. The molecule has 13 aromatic rings. The number of benzene rings is 10. The van der Waals surface area contributed by atoms with Crippen LogP contribution in [0.1, 0.15) is 0 Å². The lowest BCUT2D eigenvalue weighted by atomic mass is 9.96. The summed E-state index contributed by atoms with van der Waals surface area (Å²) in [4.78, 5) is 10.9. The second-order valence-electron chi connectivity index (χ2n) is 16.5. The van der Waals surface area contributed by atoms with Crippen molar-refractivity contribution in [1.29, 1.82) is 0 Å². The van der Waals surface area contributed by atoms with Crippen molar-refractivity contribution in [1.82, 2.24) is 14.5 Å². The van der Waals surface area contributed by atoms with Crippen LogP contribution in [0.5, 0.6) is 0 Å². The largest absolute Gasteiger partial charge is 0.456 e. The molecule has 0 saturated carbocycles. The zero-order valence-electron chi connectivity index (χ0n) is 34.7. The van der Waals surface area contributed by atoms with E-state index in [1.807, 2.05) is 0 Å². The van der Waals surface area contributed by atoms with E-state index in [1.165, 1.54) is 49.5 Å². The smallest absolute Gasteiger partial charge is 0.235 e. The first-order chi connectivity index (χ1) is 31.7. The van der Waals surface area contributed by atoms with E-state index in [0.717, 1.165) is 82.4 Å². The molecule has 0 N–H and O–H groups in total. The van der Waals surface area contributed by atoms with E-state index < -0.39 is 0 Å². The van der Waals surface area contributed by atoms with E-state index in [0.29, 0.717) is 5.95 Å². The van der Waals surface area contributed by atoms with Gasteiger partial charge < -0.3 is 4.42 Å². The van der Waals surface area contributed by atoms with Crippen molar-refractivity contribution in [3.8, 4) is 61.7 Å². The number of nitrogens with zero attached hydrogens (tertiary/aromatic N) is 3. The summed E-state index contributed by atoms with van der Waals surface area (Å²) in [5.74, 6) is 0.645. The lowest BCUT2D eigenvalue weighted by Gasteiger charge is -2.14. The average Bonchev–Trinajstić information content (AvgIpc) is 4.02. The molecule has 3 heterocycles. The van der Waals surface area contributed by atoms with Crippen LogP contribution in [0.2, 0.25) is 0 Å². The third-order valence-corrected chi connectivity index (χ3v) is 13.2. The van der Waals surface area contributed by atoms with Crippen molar-refractivity contribution in [2.45, 2.75) is 0 Å². The highest BCUT2D eigenvalue weighted by atomic mass is 16.3. The summed E-state index contributed by atoms with van der Waals surface area (Å²) in [6, 6.07) is 71.8. The number of furan rings is 1. The fourth-order valence-electron chi connectivity index (χ4n) is 10.3. The van der Waals surface area contributed by atoms with E-state index >= 15 is 0 Å². The van der Waals surface area contributed by atoms with E-state index in [1.54, 1.807) is 0 Å². The van der Waals surface area contributed by atoms with Gasteiger partial charge in [-0.3, -0.25) is 4.57 Å². The van der Waals surface area contributed by atoms with Gasteiger partial charge in [-0.15, -0.1) is 13.2 Å². The predicted octanol–water partition coefficient (Wildman–Crippen LogP) is 16.4. The molecule has 10 aromatic carbocycles. The Hall–Kier alpha value is -8.60. The molecular formula is C60H37N3O. The molecule has 0 bridgehead atoms. The van der Waals surface area contributed by atoms with Crippen LogP contribution in [0.4, 0.5) is 0 Å². The molecule has 0 saturated heterocycles. The lowest BCUT2D eigenvalue weighted by Crippen LogP contribution is -2.03. The zero-order chi connectivity index (χ0) is 42.5. The van der Waals surface area contributed by atoms with Crippen molar-refractivity contribution >= 4 is 76.2 Å². The molecule has 1 aliphatic carbocycles. The van der Waals surface area contributed by atoms with Crippen molar-refractivity contribution in [2.24, 2.45) is 0 Å². The SMILES string of the molecule is C=C.c1ccc(-c2ccc(-c3nc(-n4c5ccccc5c5cc(-c6ccc7oc8cc9c%10c(cccc%10c8c7c6)-c6ccccc6-9)ccc54)nc4c3ccc3ccccc34)cc2)cc1. The maximum atomic E-state index is 6.62. The molecule has 14 rings (SSSR count). The van der Waals surface area contributed by atoms with Crippen LogP contribution in [0.15, 0.2) is 218 Å². The highest BCUT2D eigenvalue weighted by Crippen LogP contribution is 2.51. The minimum absolute atomic E-state index is 0.645. The number of fused-ring (bicyclic) bond motifs is 13. The minimum atomic E-state index is 0.645. The van der Waals surface area contributed by atoms with E-state index in [-0.39, 0.29) is 0 Å². The number of para-hydroxylation sites is 1. The minimum Gasteiger partial charge on any atom is -0.456 e. The Bertz CT molecular complexity index is 4050. The topological polar surface area (TPSA) is 43.9 Å². The number of aromatic nitrogens is 3. The summed E-state index contributed by atoms with van der Waals surface area (Å²) in [7, 11) is 0. The first-order valence-electron chi connectivity index (χ1n) is 21.6. The van der Waals surface area contributed by atoms with Gasteiger partial charge in [0.2, 0.25) is 5.95 Å². The molecule has 298 valence electrons. The third-order valence-electron chi connectivity index (χ3n) is 13.2. The van der Waals surface area contributed by atoms with Crippen molar-refractivity contribution in [3.05, 3.63) is 213 Å². The van der Waals surface area contributed by atoms with Gasteiger partial charge in [0.15, 0.2) is 0 Å². The average molecular weight is 816 g/mol. The highest BCUT2D eigenvalue weighted by Gasteiger charge is 2.25. The molecule has 64 heavy (non-hydrogen) atoms. The van der Waals surface area contributed by atoms with Gasteiger partial charge in [-0.2, -0.15) is 0 Å². The van der Waals surface area contributed by atoms with Gasteiger partial charge in [0.25, 0.3) is 0 Å². The third kappa shape index (κ3) is 5.23. The van der Waals surface area contributed by atoms with Gasteiger partial charge in [0.05, 0.1) is 22.2 Å². The lowest BCUT2D eigenvalue weighted by molar-refractivity contribution is 0.669. The summed E-state index contributed by atoms with van der Waals surface area (Å²) >= 11 is 0. The van der Waals surface area contributed by atoms with E-state index in [2.05, 4.69) is 218 Å². The summed E-state index contributed by atoms with van der Waals surface area (Å²) in [6.45, 7) is 6.00. The molecule has 0 atom stereocenters. The summed E-state index contributed by atoms with van der Waals surface area (Å²) in [5.41, 5.74) is 16.5. The summed E-state index contributed by atoms with van der Waals surface area (Å²) in [6.07, 6.45) is 0. The molecule has 0 amide bonds. The van der Waals surface area contributed by atoms with Crippen LogP contribution in [0, 0.1) is 0 Å². The molecular weight excluding hydrogens is 779 g/mol. The molecule has 1 aliphatic rings. The van der Waals surface area contributed by atoms with Crippen LogP contribution in [-0.2, 0) is 0 Å². The maximum Gasteiger partial charge on any atom is 0.235 e. The summed E-state index contributed by atoms with van der Waals surface area (Å²) in [5, 5.41) is 10.4. The van der Waals surface area contributed by atoms with Gasteiger partial charge >= 0.3 is 0 Å². The standard InChI is InChI=1S/C58H33N3O.C2H4/c1-2-11-34(12-3-1)35-21-23-37(24-22-35)56-46-28-25-36-13-4-5-14-40(36)57(46)60-58(59-56)61-50-20-9-8-17-43(50)47-31-38(26-29-51(47)61)39-27-30-52-49(32-39)55-45-19-10-18-44-41-15-6-7-16-42(41)48(54(44)45)33-53(55)62-52;1-2/h1-33H;1-2H2. The number of hydrogen-bond donors (Lipinski definition) is 0. The number of hydrogen-bond acceptors (Lipinski definition) is 3. The van der Waals surface area contributed by atoms with Crippen molar-refractivity contribution < 1.29 is 4.42 Å².